The number of thioether (sulfide) groups is 1. The van der Waals surface area contributed by atoms with Gasteiger partial charge in [-0.3, -0.25) is 9.36 Å². The van der Waals surface area contributed by atoms with Gasteiger partial charge < -0.3 is 15.2 Å². The second-order valence-corrected chi connectivity index (χ2v) is 8.06. The highest BCUT2D eigenvalue weighted by Gasteiger charge is 2.21. The summed E-state index contributed by atoms with van der Waals surface area (Å²) in [6.45, 7) is 0. The monoisotopic (exact) mass is 466 g/mol. The third-order valence-electron chi connectivity index (χ3n) is 4.55. The molecule has 1 aromatic heterocycles. The maximum absolute atomic E-state index is 12.5. The van der Waals surface area contributed by atoms with E-state index in [1.165, 1.54) is 11.8 Å². The minimum Gasteiger partial charge on any atom is -0.507 e. The number of carbonyl (C=O) groups excluding carboxylic acids is 1. The number of hydrogen-bond acceptors (Lipinski definition) is 6. The van der Waals surface area contributed by atoms with Gasteiger partial charge in [0.2, 0.25) is 5.91 Å². The Morgan fingerprint density at radius 1 is 1.09 bits per heavy atom. The number of amides is 1. The Kier molecular flexibility index (Phi) is 6.63. The highest BCUT2D eigenvalue weighted by molar-refractivity contribution is 7.99. The largest absolute Gasteiger partial charge is 0.507 e. The van der Waals surface area contributed by atoms with Crippen molar-refractivity contribution in [2.75, 3.05) is 18.2 Å². The lowest BCUT2D eigenvalue weighted by Gasteiger charge is -2.14. The molecule has 4 aromatic rings. The molecule has 0 spiro atoms. The summed E-state index contributed by atoms with van der Waals surface area (Å²) in [6, 6.07) is 21.2. The van der Waals surface area contributed by atoms with Crippen LogP contribution in [0.4, 0.5) is 5.69 Å². The second kappa shape index (κ2) is 9.76. The molecule has 1 heterocycles. The molecule has 0 fully saturated rings. The quantitative estimate of drug-likeness (QED) is 0.371. The van der Waals surface area contributed by atoms with Gasteiger partial charge in [0.25, 0.3) is 0 Å². The lowest BCUT2D eigenvalue weighted by molar-refractivity contribution is -0.113. The number of halogens is 1. The van der Waals surface area contributed by atoms with Crippen molar-refractivity contribution >= 4 is 35.0 Å². The maximum Gasteiger partial charge on any atom is 0.234 e. The summed E-state index contributed by atoms with van der Waals surface area (Å²) in [7, 11) is 1.58. The molecule has 0 atom stereocenters. The fraction of sp³-hybridized carbons (Fsp3) is 0.0870. The van der Waals surface area contributed by atoms with Crippen molar-refractivity contribution in [1.82, 2.24) is 14.8 Å². The second-order valence-electron chi connectivity index (χ2n) is 6.68. The number of benzene rings is 3. The molecule has 9 heteroatoms. The van der Waals surface area contributed by atoms with Crippen molar-refractivity contribution in [2.24, 2.45) is 0 Å². The number of para-hydroxylation sites is 3. The number of carbonyl (C=O) groups is 1. The highest BCUT2D eigenvalue weighted by Crippen LogP contribution is 2.35. The third kappa shape index (κ3) is 4.71. The molecule has 4 rings (SSSR count). The molecule has 162 valence electrons. The lowest BCUT2D eigenvalue weighted by atomic mass is 10.2. The van der Waals surface area contributed by atoms with Gasteiger partial charge in [0.05, 0.1) is 24.1 Å². The smallest absolute Gasteiger partial charge is 0.234 e. The van der Waals surface area contributed by atoms with Crippen LogP contribution >= 0.6 is 23.4 Å². The van der Waals surface area contributed by atoms with Crippen LogP contribution in [0.1, 0.15) is 0 Å². The Bertz CT molecular complexity index is 1260. The molecule has 2 N–H and O–H groups in total. The average molecular weight is 467 g/mol. The summed E-state index contributed by atoms with van der Waals surface area (Å²) in [4.78, 5) is 12.5. The van der Waals surface area contributed by atoms with Gasteiger partial charge in [-0.2, -0.15) is 0 Å². The first-order valence-corrected chi connectivity index (χ1v) is 11.0. The van der Waals surface area contributed by atoms with E-state index in [0.717, 1.165) is 0 Å². The van der Waals surface area contributed by atoms with Gasteiger partial charge in [0.1, 0.15) is 11.5 Å². The summed E-state index contributed by atoms with van der Waals surface area (Å²) >= 11 is 7.20. The van der Waals surface area contributed by atoms with Crippen molar-refractivity contribution in [3.63, 3.8) is 0 Å². The van der Waals surface area contributed by atoms with E-state index < -0.39 is 0 Å². The Balaban J connectivity index is 1.66. The van der Waals surface area contributed by atoms with Crippen LogP contribution < -0.4 is 10.1 Å². The molecule has 0 unspecified atom stereocenters. The summed E-state index contributed by atoms with van der Waals surface area (Å²) in [6.07, 6.45) is 0. The fourth-order valence-electron chi connectivity index (χ4n) is 3.13. The normalized spacial score (nSPS) is 10.7. The number of hydrogen-bond donors (Lipinski definition) is 2. The number of nitrogens with zero attached hydrogens (tertiary/aromatic N) is 3. The van der Waals surface area contributed by atoms with Crippen molar-refractivity contribution in [3.05, 3.63) is 77.8 Å². The van der Waals surface area contributed by atoms with Crippen molar-refractivity contribution in [2.45, 2.75) is 5.16 Å². The van der Waals surface area contributed by atoms with Gasteiger partial charge >= 0.3 is 0 Å². The van der Waals surface area contributed by atoms with E-state index in [4.69, 9.17) is 16.3 Å². The van der Waals surface area contributed by atoms with Crippen molar-refractivity contribution in [3.8, 4) is 28.6 Å². The first-order chi connectivity index (χ1) is 15.6. The topological polar surface area (TPSA) is 89.3 Å². The van der Waals surface area contributed by atoms with Gasteiger partial charge in [0.15, 0.2) is 11.0 Å². The zero-order chi connectivity index (χ0) is 22.5. The number of ether oxygens (including phenoxy) is 1. The molecule has 0 saturated heterocycles. The molecule has 0 aliphatic rings. The van der Waals surface area contributed by atoms with Gasteiger partial charge in [-0.1, -0.05) is 53.7 Å². The predicted molar refractivity (Wildman–Crippen MR) is 126 cm³/mol. The zero-order valence-corrected chi connectivity index (χ0v) is 18.6. The van der Waals surface area contributed by atoms with E-state index in [9.17, 15) is 9.90 Å². The first kappa shape index (κ1) is 21.7. The van der Waals surface area contributed by atoms with E-state index >= 15 is 0 Å². The number of anilines is 1. The molecule has 0 saturated carbocycles. The summed E-state index contributed by atoms with van der Waals surface area (Å²) in [5.74, 6) is 1.00. The maximum atomic E-state index is 12.5. The van der Waals surface area contributed by atoms with E-state index in [1.807, 2.05) is 30.3 Å². The standard InChI is InChI=1S/C23H19ClN4O3S/c1-31-20-12-5-3-10-18(20)28-22(17-9-2-4-11-19(17)29)26-27-23(28)32-14-21(30)25-16-8-6-7-15(24)13-16/h2-13,29H,14H2,1H3,(H,25,30). The minimum atomic E-state index is -0.212. The first-order valence-electron chi connectivity index (χ1n) is 9.62. The van der Waals surface area contributed by atoms with E-state index in [0.29, 0.717) is 38.7 Å². The molecule has 0 radical (unpaired) electrons. The molecule has 1 amide bonds. The van der Waals surface area contributed by atoms with Crippen molar-refractivity contribution in [1.29, 1.82) is 0 Å². The van der Waals surface area contributed by atoms with Crippen LogP contribution in [0.5, 0.6) is 11.5 Å². The third-order valence-corrected chi connectivity index (χ3v) is 5.71. The highest BCUT2D eigenvalue weighted by atomic mass is 35.5. The molecule has 7 nitrogen and oxygen atoms in total. The number of nitrogens with one attached hydrogen (secondary N) is 1. The van der Waals surface area contributed by atoms with Crippen LogP contribution in [0, 0.1) is 0 Å². The molecule has 32 heavy (non-hydrogen) atoms. The van der Waals surface area contributed by atoms with Crippen LogP contribution in [0.3, 0.4) is 0 Å². The number of phenolic OH excluding ortho intramolecular Hbond substituents is 1. The van der Waals surface area contributed by atoms with Crippen LogP contribution in [-0.2, 0) is 4.79 Å². The molecule has 0 bridgehead atoms. The fourth-order valence-corrected chi connectivity index (χ4v) is 4.06. The Morgan fingerprint density at radius 3 is 2.66 bits per heavy atom. The molecule has 0 aliphatic carbocycles. The van der Waals surface area contributed by atoms with Gasteiger partial charge in [-0.15, -0.1) is 10.2 Å². The van der Waals surface area contributed by atoms with Crippen LogP contribution in [0.25, 0.3) is 17.1 Å². The van der Waals surface area contributed by atoms with E-state index in [1.54, 1.807) is 54.1 Å². The number of methoxy groups -OCH3 is 1. The number of rotatable bonds is 7. The minimum absolute atomic E-state index is 0.0753. The molecule has 3 aromatic carbocycles. The van der Waals surface area contributed by atoms with Crippen LogP contribution in [0.2, 0.25) is 5.02 Å². The Labute approximate surface area is 194 Å². The SMILES string of the molecule is COc1ccccc1-n1c(SCC(=O)Nc2cccc(Cl)c2)nnc1-c1ccccc1O. The van der Waals surface area contributed by atoms with E-state index in [-0.39, 0.29) is 17.4 Å². The Morgan fingerprint density at radius 2 is 1.88 bits per heavy atom. The van der Waals surface area contributed by atoms with Crippen LogP contribution in [0.15, 0.2) is 78.0 Å². The van der Waals surface area contributed by atoms with Crippen molar-refractivity contribution < 1.29 is 14.6 Å². The van der Waals surface area contributed by atoms with Gasteiger partial charge in [0, 0.05) is 10.7 Å². The van der Waals surface area contributed by atoms with Gasteiger partial charge in [-0.25, -0.2) is 0 Å². The van der Waals surface area contributed by atoms with E-state index in [2.05, 4.69) is 15.5 Å². The average Bonchev–Trinajstić information content (AvgIpc) is 3.21. The summed E-state index contributed by atoms with van der Waals surface area (Å²) in [5, 5.41) is 22.8. The molecule has 0 aliphatic heterocycles. The van der Waals surface area contributed by atoms with Crippen LogP contribution in [-0.4, -0.2) is 38.6 Å². The molecular weight excluding hydrogens is 448 g/mol. The zero-order valence-electron chi connectivity index (χ0n) is 17.0. The predicted octanol–water partition coefficient (Wildman–Crippen LogP) is 5.03. The number of aromatic nitrogens is 3. The number of phenols is 1. The summed E-state index contributed by atoms with van der Waals surface area (Å²) < 4.78 is 7.29. The molecular formula is C23H19ClN4O3S. The lowest BCUT2D eigenvalue weighted by Crippen LogP contribution is -2.14. The number of aromatic hydroxyl groups is 1. The van der Waals surface area contributed by atoms with Gasteiger partial charge in [-0.05, 0) is 42.5 Å². The summed E-state index contributed by atoms with van der Waals surface area (Å²) in [5.41, 5.74) is 1.82. The Hall–Kier alpha value is -3.49.